The molecule has 0 saturated carbocycles. The predicted molar refractivity (Wildman–Crippen MR) is 44.3 cm³/mol. The van der Waals surface area contributed by atoms with Gasteiger partial charge in [-0.05, 0) is 6.07 Å². The third-order valence-corrected chi connectivity index (χ3v) is 1.62. The number of primary amides is 1. The number of nitrogens with zero attached hydrogens (tertiary/aromatic N) is 1. The number of amides is 1. The molecule has 0 spiro atoms. The zero-order valence-electron chi connectivity index (χ0n) is 7.33. The van der Waals surface area contributed by atoms with Gasteiger partial charge in [-0.2, -0.15) is 0 Å². The molecule has 1 aromatic rings. The van der Waals surface area contributed by atoms with Gasteiger partial charge < -0.3 is 10.5 Å². The molecule has 0 aliphatic carbocycles. The van der Waals surface area contributed by atoms with Crippen molar-refractivity contribution in [2.75, 3.05) is 7.11 Å². The molecule has 0 fully saturated rings. The Bertz CT molecular complexity index is 355. The third kappa shape index (κ3) is 1.78. The minimum Gasteiger partial charge on any atom is -0.496 e. The highest BCUT2D eigenvalue weighted by Gasteiger charge is 2.22. The van der Waals surface area contributed by atoms with Crippen LogP contribution in [0.2, 0.25) is 0 Å². The van der Waals surface area contributed by atoms with Crippen molar-refractivity contribution in [3.8, 4) is 5.75 Å². The summed E-state index contributed by atoms with van der Waals surface area (Å²) in [6.07, 6.45) is -1.72. The zero-order valence-corrected chi connectivity index (χ0v) is 7.33. The SMILES string of the molecule is COc1ccnc(C(F)F)c1C(N)=O. The van der Waals surface area contributed by atoms with E-state index in [0.29, 0.717) is 0 Å². The lowest BCUT2D eigenvalue weighted by molar-refractivity contribution is 0.0979. The van der Waals surface area contributed by atoms with Crippen molar-refractivity contribution in [3.05, 3.63) is 23.5 Å². The number of pyridine rings is 1. The zero-order chi connectivity index (χ0) is 10.7. The number of aromatic nitrogens is 1. The maximum Gasteiger partial charge on any atom is 0.281 e. The quantitative estimate of drug-likeness (QED) is 0.798. The summed E-state index contributed by atoms with van der Waals surface area (Å²) < 4.78 is 29.5. The molecule has 14 heavy (non-hydrogen) atoms. The molecular formula is C8H8F2N2O2. The number of hydrogen-bond acceptors (Lipinski definition) is 3. The number of methoxy groups -OCH3 is 1. The van der Waals surface area contributed by atoms with E-state index >= 15 is 0 Å². The predicted octanol–water partition coefficient (Wildman–Crippen LogP) is 1.13. The second-order valence-corrected chi connectivity index (χ2v) is 2.44. The van der Waals surface area contributed by atoms with Crippen LogP contribution in [-0.2, 0) is 0 Å². The van der Waals surface area contributed by atoms with E-state index in [1.54, 1.807) is 0 Å². The number of hydrogen-bond donors (Lipinski definition) is 1. The summed E-state index contributed by atoms with van der Waals surface area (Å²) in [7, 11) is 1.26. The highest BCUT2D eigenvalue weighted by atomic mass is 19.3. The molecule has 0 aliphatic heterocycles. The van der Waals surface area contributed by atoms with Crippen molar-refractivity contribution in [2.24, 2.45) is 5.73 Å². The van der Waals surface area contributed by atoms with Crippen LogP contribution in [0.25, 0.3) is 0 Å². The highest BCUT2D eigenvalue weighted by molar-refractivity contribution is 5.96. The average molecular weight is 202 g/mol. The largest absolute Gasteiger partial charge is 0.496 e. The van der Waals surface area contributed by atoms with Crippen LogP contribution in [0, 0.1) is 0 Å². The van der Waals surface area contributed by atoms with Gasteiger partial charge in [-0.3, -0.25) is 9.78 Å². The van der Waals surface area contributed by atoms with Crippen LogP contribution >= 0.6 is 0 Å². The van der Waals surface area contributed by atoms with E-state index in [0.717, 1.165) is 6.20 Å². The van der Waals surface area contributed by atoms with Crippen LogP contribution in [-0.4, -0.2) is 18.0 Å². The van der Waals surface area contributed by atoms with Gasteiger partial charge in [0, 0.05) is 6.20 Å². The fourth-order valence-corrected chi connectivity index (χ4v) is 1.04. The second-order valence-electron chi connectivity index (χ2n) is 2.44. The first-order valence-electron chi connectivity index (χ1n) is 3.68. The van der Waals surface area contributed by atoms with Gasteiger partial charge in [0.05, 0.1) is 7.11 Å². The molecule has 1 heterocycles. The Morgan fingerprint density at radius 3 is 2.71 bits per heavy atom. The average Bonchev–Trinajstić information content (AvgIpc) is 2.16. The number of nitrogens with two attached hydrogens (primary N) is 1. The molecule has 0 aliphatic rings. The summed E-state index contributed by atoms with van der Waals surface area (Å²) in [5.41, 5.74) is 3.91. The van der Waals surface area contributed by atoms with Crippen molar-refractivity contribution < 1.29 is 18.3 Å². The van der Waals surface area contributed by atoms with Crippen LogP contribution in [0.5, 0.6) is 5.75 Å². The summed E-state index contributed by atoms with van der Waals surface area (Å²) in [5, 5.41) is 0. The molecule has 0 unspecified atom stereocenters. The normalized spacial score (nSPS) is 10.3. The maximum atomic E-state index is 12.4. The number of halogens is 2. The van der Waals surface area contributed by atoms with Crippen molar-refractivity contribution in [1.29, 1.82) is 0 Å². The van der Waals surface area contributed by atoms with E-state index in [9.17, 15) is 13.6 Å². The number of ether oxygens (including phenoxy) is 1. The van der Waals surface area contributed by atoms with E-state index in [4.69, 9.17) is 10.5 Å². The highest BCUT2D eigenvalue weighted by Crippen LogP contribution is 2.26. The molecule has 0 bridgehead atoms. The Balaban J connectivity index is 3.35. The first kappa shape index (κ1) is 10.4. The van der Waals surface area contributed by atoms with Crippen LogP contribution in [0.3, 0.4) is 0 Å². The molecule has 4 nitrogen and oxygen atoms in total. The summed E-state index contributed by atoms with van der Waals surface area (Å²) >= 11 is 0. The Kier molecular flexibility index (Phi) is 2.95. The summed E-state index contributed by atoms with van der Waals surface area (Å²) in [6, 6.07) is 1.30. The molecule has 1 amide bonds. The van der Waals surface area contributed by atoms with Gasteiger partial charge in [-0.25, -0.2) is 8.78 Å². The van der Waals surface area contributed by atoms with Gasteiger partial charge in [0.2, 0.25) is 0 Å². The smallest absolute Gasteiger partial charge is 0.281 e. The van der Waals surface area contributed by atoms with Gasteiger partial charge in [0.1, 0.15) is 17.0 Å². The summed E-state index contributed by atoms with van der Waals surface area (Å²) in [5.74, 6) is -0.979. The monoisotopic (exact) mass is 202 g/mol. The first-order valence-corrected chi connectivity index (χ1v) is 3.68. The molecular weight excluding hydrogens is 194 g/mol. The number of rotatable bonds is 3. The van der Waals surface area contributed by atoms with E-state index in [2.05, 4.69) is 4.98 Å². The van der Waals surface area contributed by atoms with E-state index in [-0.39, 0.29) is 11.3 Å². The summed E-state index contributed by atoms with van der Waals surface area (Å²) in [6.45, 7) is 0. The fraction of sp³-hybridized carbons (Fsp3) is 0.250. The van der Waals surface area contributed by atoms with Gasteiger partial charge in [0.25, 0.3) is 12.3 Å². The molecule has 6 heteroatoms. The first-order chi connectivity index (χ1) is 6.57. The Labute approximate surface area is 78.7 Å². The van der Waals surface area contributed by atoms with Crippen LogP contribution < -0.4 is 10.5 Å². The van der Waals surface area contributed by atoms with Gasteiger partial charge in [-0.15, -0.1) is 0 Å². The lowest BCUT2D eigenvalue weighted by atomic mass is 10.1. The lowest BCUT2D eigenvalue weighted by Crippen LogP contribution is -2.16. The van der Waals surface area contributed by atoms with E-state index < -0.39 is 18.0 Å². The molecule has 76 valence electrons. The van der Waals surface area contributed by atoms with E-state index in [1.807, 2.05) is 0 Å². The van der Waals surface area contributed by atoms with Gasteiger partial charge >= 0.3 is 0 Å². The lowest BCUT2D eigenvalue weighted by Gasteiger charge is -2.08. The topological polar surface area (TPSA) is 65.2 Å². The van der Waals surface area contributed by atoms with Gasteiger partial charge in [0.15, 0.2) is 0 Å². The minimum absolute atomic E-state index is 0.00259. The van der Waals surface area contributed by atoms with Crippen molar-refractivity contribution >= 4 is 5.91 Å². The molecule has 0 radical (unpaired) electrons. The van der Waals surface area contributed by atoms with Crippen molar-refractivity contribution in [2.45, 2.75) is 6.43 Å². The molecule has 0 atom stereocenters. The number of carbonyl (C=O) groups is 1. The fourth-order valence-electron chi connectivity index (χ4n) is 1.04. The van der Waals surface area contributed by atoms with E-state index in [1.165, 1.54) is 13.2 Å². The van der Waals surface area contributed by atoms with Crippen LogP contribution in [0.15, 0.2) is 12.3 Å². The molecule has 0 saturated heterocycles. The van der Waals surface area contributed by atoms with Crippen LogP contribution in [0.1, 0.15) is 22.5 Å². The molecule has 2 N–H and O–H groups in total. The number of carbonyl (C=O) groups excluding carboxylic acids is 1. The molecule has 1 aromatic heterocycles. The summed E-state index contributed by atoms with van der Waals surface area (Å²) in [4.78, 5) is 14.3. The maximum absolute atomic E-state index is 12.4. The minimum atomic E-state index is -2.85. The Hall–Kier alpha value is -1.72. The standard InChI is InChI=1S/C8H8F2N2O2/c1-14-4-2-3-12-6(7(9)10)5(4)8(11)13/h2-3,7H,1H3,(H2,11,13). The number of alkyl halides is 2. The second kappa shape index (κ2) is 3.99. The Morgan fingerprint density at radius 2 is 2.29 bits per heavy atom. The van der Waals surface area contributed by atoms with Crippen molar-refractivity contribution in [1.82, 2.24) is 4.98 Å². The van der Waals surface area contributed by atoms with Gasteiger partial charge in [-0.1, -0.05) is 0 Å². The molecule has 1 rings (SSSR count). The molecule has 0 aromatic carbocycles. The van der Waals surface area contributed by atoms with Crippen LogP contribution in [0.4, 0.5) is 8.78 Å². The van der Waals surface area contributed by atoms with Crippen molar-refractivity contribution in [3.63, 3.8) is 0 Å². The Morgan fingerprint density at radius 1 is 1.64 bits per heavy atom. The third-order valence-electron chi connectivity index (χ3n) is 1.62.